The summed E-state index contributed by atoms with van der Waals surface area (Å²) in [4.78, 5) is 16.7. The molecule has 0 atom stereocenters. The van der Waals surface area contributed by atoms with E-state index in [0.29, 0.717) is 15.7 Å². The molecule has 24 heavy (non-hydrogen) atoms. The van der Waals surface area contributed by atoms with Gasteiger partial charge in [-0.2, -0.15) is 0 Å². The van der Waals surface area contributed by atoms with Gasteiger partial charge in [0.25, 0.3) is 5.91 Å². The fraction of sp³-hybridized carbons (Fsp3) is 0. The van der Waals surface area contributed by atoms with Crippen LogP contribution in [0.15, 0.2) is 55.1 Å². The number of thiazole rings is 1. The van der Waals surface area contributed by atoms with Crippen LogP contribution >= 0.6 is 22.9 Å². The van der Waals surface area contributed by atoms with Crippen molar-refractivity contribution in [3.8, 4) is 5.69 Å². The molecule has 0 aliphatic heterocycles. The van der Waals surface area contributed by atoms with Crippen LogP contribution in [0.4, 0.5) is 5.13 Å². The van der Waals surface area contributed by atoms with Gasteiger partial charge in [-0.3, -0.25) is 14.7 Å². The fourth-order valence-electron chi connectivity index (χ4n) is 2.26. The number of anilines is 1. The van der Waals surface area contributed by atoms with Crippen molar-refractivity contribution in [2.45, 2.75) is 0 Å². The Kier molecular flexibility index (Phi) is 3.72. The Bertz CT molecular complexity index is 1030. The SMILES string of the molecule is O=C(Nc1nc2ccc(-n3cnnc3)cc2s1)c1cccc(Cl)c1. The van der Waals surface area contributed by atoms with Gasteiger partial charge in [0.2, 0.25) is 0 Å². The van der Waals surface area contributed by atoms with Crippen LogP contribution in [0.1, 0.15) is 10.4 Å². The lowest BCUT2D eigenvalue weighted by Gasteiger charge is -2.01. The summed E-state index contributed by atoms with van der Waals surface area (Å²) in [6.45, 7) is 0. The molecule has 0 aliphatic rings. The second-order valence-electron chi connectivity index (χ2n) is 5.00. The summed E-state index contributed by atoms with van der Waals surface area (Å²) in [6.07, 6.45) is 3.26. The maximum Gasteiger partial charge on any atom is 0.257 e. The van der Waals surface area contributed by atoms with Crippen LogP contribution in [-0.2, 0) is 0 Å². The average Bonchev–Trinajstić information content (AvgIpc) is 3.23. The lowest BCUT2D eigenvalue weighted by atomic mass is 10.2. The summed E-state index contributed by atoms with van der Waals surface area (Å²) >= 11 is 7.32. The van der Waals surface area contributed by atoms with Gasteiger partial charge in [-0.1, -0.05) is 29.0 Å². The van der Waals surface area contributed by atoms with Crippen molar-refractivity contribution in [2.75, 3.05) is 5.32 Å². The van der Waals surface area contributed by atoms with Crippen molar-refractivity contribution in [2.24, 2.45) is 0 Å². The Morgan fingerprint density at radius 1 is 1.12 bits per heavy atom. The van der Waals surface area contributed by atoms with Crippen molar-refractivity contribution in [3.63, 3.8) is 0 Å². The zero-order valence-corrected chi connectivity index (χ0v) is 13.8. The normalized spacial score (nSPS) is 10.9. The first-order chi connectivity index (χ1) is 11.7. The van der Waals surface area contributed by atoms with Crippen LogP contribution in [0.2, 0.25) is 5.02 Å². The second-order valence-corrected chi connectivity index (χ2v) is 6.47. The number of nitrogens with one attached hydrogen (secondary N) is 1. The summed E-state index contributed by atoms with van der Waals surface area (Å²) in [7, 11) is 0. The first-order valence-corrected chi connectivity index (χ1v) is 8.21. The van der Waals surface area contributed by atoms with Crippen molar-refractivity contribution in [1.82, 2.24) is 19.7 Å². The van der Waals surface area contributed by atoms with Gasteiger partial charge < -0.3 is 0 Å². The molecule has 1 amide bonds. The van der Waals surface area contributed by atoms with Crippen molar-refractivity contribution < 1.29 is 4.79 Å². The summed E-state index contributed by atoms with van der Waals surface area (Å²) in [5, 5.41) is 11.5. The number of fused-ring (bicyclic) bond motifs is 1. The predicted octanol–water partition coefficient (Wildman–Crippen LogP) is 3.78. The van der Waals surface area contributed by atoms with E-state index in [1.54, 1.807) is 36.9 Å². The maximum absolute atomic E-state index is 12.3. The molecule has 2 heterocycles. The molecule has 0 unspecified atom stereocenters. The fourth-order valence-corrected chi connectivity index (χ4v) is 3.34. The van der Waals surface area contributed by atoms with E-state index < -0.39 is 0 Å². The van der Waals surface area contributed by atoms with Crippen LogP contribution in [0, 0.1) is 0 Å². The van der Waals surface area contributed by atoms with Gasteiger partial charge >= 0.3 is 0 Å². The van der Waals surface area contributed by atoms with Crippen molar-refractivity contribution in [3.05, 3.63) is 65.7 Å². The molecular weight excluding hydrogens is 346 g/mol. The summed E-state index contributed by atoms with van der Waals surface area (Å²) in [5.41, 5.74) is 2.24. The Morgan fingerprint density at radius 2 is 1.96 bits per heavy atom. The average molecular weight is 356 g/mol. The second kappa shape index (κ2) is 6.03. The molecule has 0 aliphatic carbocycles. The minimum Gasteiger partial charge on any atom is -0.298 e. The largest absolute Gasteiger partial charge is 0.298 e. The van der Waals surface area contributed by atoms with Gasteiger partial charge in [0, 0.05) is 16.3 Å². The van der Waals surface area contributed by atoms with E-state index in [4.69, 9.17) is 11.6 Å². The number of benzene rings is 2. The number of carbonyl (C=O) groups is 1. The molecule has 0 fully saturated rings. The topological polar surface area (TPSA) is 72.7 Å². The molecule has 6 nitrogen and oxygen atoms in total. The number of hydrogen-bond donors (Lipinski definition) is 1. The van der Waals surface area contributed by atoms with Crippen LogP contribution < -0.4 is 5.32 Å². The molecule has 1 N–H and O–H groups in total. The van der Waals surface area contributed by atoms with Crippen LogP contribution in [0.25, 0.3) is 15.9 Å². The molecule has 0 bridgehead atoms. The standard InChI is InChI=1S/C16H10ClN5OS/c17-11-3-1-2-10(6-11)15(23)21-16-20-13-5-4-12(7-14(13)24-16)22-8-18-19-9-22/h1-9H,(H,20,21,23). The van der Waals surface area contributed by atoms with Gasteiger partial charge in [-0.15, -0.1) is 10.2 Å². The zero-order chi connectivity index (χ0) is 16.5. The number of nitrogens with zero attached hydrogens (tertiary/aromatic N) is 4. The first-order valence-electron chi connectivity index (χ1n) is 7.01. The smallest absolute Gasteiger partial charge is 0.257 e. The highest BCUT2D eigenvalue weighted by Crippen LogP contribution is 2.28. The van der Waals surface area contributed by atoms with Gasteiger partial charge in [0.05, 0.1) is 10.2 Å². The Balaban J connectivity index is 1.62. The van der Waals surface area contributed by atoms with Crippen LogP contribution in [0.3, 0.4) is 0 Å². The third-order valence-corrected chi connectivity index (χ3v) is 4.56. The molecular formula is C16H10ClN5OS. The Hall–Kier alpha value is -2.77. The van der Waals surface area contributed by atoms with Gasteiger partial charge in [0.15, 0.2) is 5.13 Å². The number of halogens is 1. The van der Waals surface area contributed by atoms with E-state index in [9.17, 15) is 4.79 Å². The minimum atomic E-state index is -0.240. The molecule has 8 heteroatoms. The summed E-state index contributed by atoms with van der Waals surface area (Å²) in [5.74, 6) is -0.240. The third kappa shape index (κ3) is 2.86. The molecule has 118 valence electrons. The van der Waals surface area contributed by atoms with Crippen LogP contribution in [0.5, 0.6) is 0 Å². The number of amides is 1. The number of hydrogen-bond acceptors (Lipinski definition) is 5. The third-order valence-electron chi connectivity index (χ3n) is 3.40. The molecule has 4 aromatic rings. The van der Waals surface area contributed by atoms with E-state index in [0.717, 1.165) is 15.9 Å². The molecule has 0 radical (unpaired) electrons. The minimum absolute atomic E-state index is 0.240. The molecule has 0 spiro atoms. The van der Waals surface area contributed by atoms with Crippen molar-refractivity contribution >= 4 is 44.2 Å². The molecule has 2 aromatic heterocycles. The molecule has 2 aromatic carbocycles. The van der Waals surface area contributed by atoms with Gasteiger partial charge in [-0.25, -0.2) is 4.98 Å². The maximum atomic E-state index is 12.3. The molecule has 4 rings (SSSR count). The van der Waals surface area contributed by atoms with E-state index in [-0.39, 0.29) is 5.91 Å². The van der Waals surface area contributed by atoms with E-state index in [1.807, 2.05) is 22.8 Å². The van der Waals surface area contributed by atoms with E-state index >= 15 is 0 Å². The van der Waals surface area contributed by atoms with E-state index in [2.05, 4.69) is 20.5 Å². The monoisotopic (exact) mass is 355 g/mol. The molecule has 0 saturated heterocycles. The zero-order valence-electron chi connectivity index (χ0n) is 12.2. The van der Waals surface area contributed by atoms with Gasteiger partial charge in [-0.05, 0) is 36.4 Å². The van der Waals surface area contributed by atoms with E-state index in [1.165, 1.54) is 11.3 Å². The quantitative estimate of drug-likeness (QED) is 0.607. The van der Waals surface area contributed by atoms with Crippen LogP contribution in [-0.4, -0.2) is 25.7 Å². The number of aromatic nitrogens is 4. The first kappa shape index (κ1) is 14.8. The Labute approximate surface area is 145 Å². The van der Waals surface area contributed by atoms with Gasteiger partial charge in [0.1, 0.15) is 12.7 Å². The lowest BCUT2D eigenvalue weighted by Crippen LogP contribution is -2.11. The highest BCUT2D eigenvalue weighted by molar-refractivity contribution is 7.22. The predicted molar refractivity (Wildman–Crippen MR) is 93.9 cm³/mol. The summed E-state index contributed by atoms with van der Waals surface area (Å²) in [6, 6.07) is 12.6. The highest BCUT2D eigenvalue weighted by atomic mass is 35.5. The molecule has 0 saturated carbocycles. The lowest BCUT2D eigenvalue weighted by molar-refractivity contribution is 0.102. The van der Waals surface area contributed by atoms with Crippen molar-refractivity contribution in [1.29, 1.82) is 0 Å². The number of carbonyl (C=O) groups excluding carboxylic acids is 1. The summed E-state index contributed by atoms with van der Waals surface area (Å²) < 4.78 is 2.77. The Morgan fingerprint density at radius 3 is 2.75 bits per heavy atom. The number of rotatable bonds is 3. The highest BCUT2D eigenvalue weighted by Gasteiger charge is 2.11.